The van der Waals surface area contributed by atoms with Crippen molar-refractivity contribution in [1.82, 2.24) is 14.7 Å². The van der Waals surface area contributed by atoms with Gasteiger partial charge in [0.2, 0.25) is 5.91 Å². The number of carbonyl (C=O) groups is 2. The molecular weight excluding hydrogens is 318 g/mol. The second-order valence-electron chi connectivity index (χ2n) is 6.29. The maximum atomic E-state index is 12.5. The predicted octanol–water partition coefficient (Wildman–Crippen LogP) is 1.85. The fraction of sp³-hybridized carbons (Fsp3) is 0.389. The van der Waals surface area contributed by atoms with Crippen LogP contribution < -0.4 is 11.1 Å². The van der Waals surface area contributed by atoms with Crippen molar-refractivity contribution in [3.05, 3.63) is 48.2 Å². The number of anilines is 1. The molecule has 25 heavy (non-hydrogen) atoms. The van der Waals surface area contributed by atoms with Gasteiger partial charge < -0.3 is 16.0 Å². The number of aryl methyl sites for hydroxylation is 2. The third-order valence-electron chi connectivity index (χ3n) is 4.53. The number of amides is 3. The Morgan fingerprint density at radius 1 is 1.24 bits per heavy atom. The van der Waals surface area contributed by atoms with Crippen molar-refractivity contribution in [2.75, 3.05) is 18.4 Å². The van der Waals surface area contributed by atoms with E-state index in [1.807, 2.05) is 18.2 Å². The van der Waals surface area contributed by atoms with Gasteiger partial charge in [0.15, 0.2) is 0 Å². The highest BCUT2D eigenvalue weighted by Gasteiger charge is 2.27. The number of primary amides is 1. The van der Waals surface area contributed by atoms with Gasteiger partial charge >= 0.3 is 6.03 Å². The van der Waals surface area contributed by atoms with Crippen molar-refractivity contribution >= 4 is 17.8 Å². The molecule has 1 fully saturated rings. The first-order valence-electron chi connectivity index (χ1n) is 8.54. The molecule has 3 rings (SSSR count). The quantitative estimate of drug-likeness (QED) is 0.869. The molecule has 1 aliphatic rings. The van der Waals surface area contributed by atoms with Gasteiger partial charge in [0.05, 0.1) is 12.1 Å². The number of benzene rings is 1. The molecule has 132 valence electrons. The van der Waals surface area contributed by atoms with E-state index in [0.717, 1.165) is 19.3 Å². The summed E-state index contributed by atoms with van der Waals surface area (Å²) in [5.74, 6) is 0.350. The van der Waals surface area contributed by atoms with Gasteiger partial charge in [0.25, 0.3) is 0 Å². The highest BCUT2D eigenvalue weighted by atomic mass is 16.2. The van der Waals surface area contributed by atoms with E-state index in [2.05, 4.69) is 22.5 Å². The first-order chi connectivity index (χ1) is 12.1. The van der Waals surface area contributed by atoms with E-state index in [1.54, 1.807) is 16.9 Å². The van der Waals surface area contributed by atoms with E-state index >= 15 is 0 Å². The van der Waals surface area contributed by atoms with Crippen LogP contribution in [0, 0.1) is 5.92 Å². The number of urea groups is 1. The van der Waals surface area contributed by atoms with Crippen LogP contribution in [0.15, 0.2) is 42.6 Å². The molecule has 1 aliphatic heterocycles. The number of rotatable bonds is 5. The minimum absolute atomic E-state index is 0.0904. The zero-order chi connectivity index (χ0) is 17.6. The van der Waals surface area contributed by atoms with Crippen molar-refractivity contribution in [2.45, 2.75) is 25.8 Å². The number of carbonyl (C=O) groups excluding carboxylic acids is 2. The Morgan fingerprint density at radius 2 is 2.04 bits per heavy atom. The summed E-state index contributed by atoms with van der Waals surface area (Å²) < 4.78 is 1.79. The normalized spacial score (nSPS) is 17.3. The SMILES string of the molecule is NC(=O)N1CCCC(C(=O)Nc2ccnn2CCc2ccccc2)C1. The Balaban J connectivity index is 1.58. The molecule has 3 amide bonds. The van der Waals surface area contributed by atoms with Gasteiger partial charge in [-0.1, -0.05) is 30.3 Å². The molecule has 3 N–H and O–H groups in total. The Kier molecular flexibility index (Phi) is 5.33. The van der Waals surface area contributed by atoms with E-state index in [9.17, 15) is 9.59 Å². The van der Waals surface area contributed by atoms with Crippen LogP contribution in [-0.4, -0.2) is 39.7 Å². The summed E-state index contributed by atoms with van der Waals surface area (Å²) in [6, 6.07) is 11.5. The maximum absolute atomic E-state index is 12.5. The second kappa shape index (κ2) is 7.83. The molecule has 7 heteroatoms. The van der Waals surface area contributed by atoms with E-state index < -0.39 is 6.03 Å². The van der Waals surface area contributed by atoms with Crippen LogP contribution in [0.3, 0.4) is 0 Å². The monoisotopic (exact) mass is 341 g/mol. The molecule has 7 nitrogen and oxygen atoms in total. The van der Waals surface area contributed by atoms with Crippen LogP contribution in [0.5, 0.6) is 0 Å². The number of likely N-dealkylation sites (tertiary alicyclic amines) is 1. The van der Waals surface area contributed by atoms with Gasteiger partial charge in [-0.2, -0.15) is 5.10 Å². The van der Waals surface area contributed by atoms with E-state index in [0.29, 0.717) is 25.5 Å². The minimum atomic E-state index is -0.467. The second-order valence-corrected chi connectivity index (χ2v) is 6.29. The molecule has 2 heterocycles. The van der Waals surface area contributed by atoms with Gasteiger partial charge in [-0.05, 0) is 24.8 Å². The van der Waals surface area contributed by atoms with Crippen molar-refractivity contribution in [3.8, 4) is 0 Å². The molecule has 1 unspecified atom stereocenters. The Morgan fingerprint density at radius 3 is 2.80 bits per heavy atom. The van der Waals surface area contributed by atoms with E-state index in [1.165, 1.54) is 10.5 Å². The number of hydrogen-bond donors (Lipinski definition) is 2. The topological polar surface area (TPSA) is 93.2 Å². The molecule has 1 aromatic carbocycles. The van der Waals surface area contributed by atoms with Crippen LogP contribution in [0.1, 0.15) is 18.4 Å². The molecule has 2 aromatic rings. The lowest BCUT2D eigenvalue weighted by Crippen LogP contribution is -2.46. The Bertz CT molecular complexity index is 728. The van der Waals surface area contributed by atoms with Gasteiger partial charge in [-0.25, -0.2) is 9.48 Å². The highest BCUT2D eigenvalue weighted by Crippen LogP contribution is 2.19. The molecule has 1 atom stereocenters. The van der Waals surface area contributed by atoms with E-state index in [4.69, 9.17) is 5.73 Å². The molecule has 0 saturated carbocycles. The van der Waals surface area contributed by atoms with Gasteiger partial charge in [-0.3, -0.25) is 4.79 Å². The minimum Gasteiger partial charge on any atom is -0.351 e. The number of hydrogen-bond acceptors (Lipinski definition) is 3. The fourth-order valence-electron chi connectivity index (χ4n) is 3.12. The van der Waals surface area contributed by atoms with Crippen molar-refractivity contribution in [1.29, 1.82) is 0 Å². The largest absolute Gasteiger partial charge is 0.351 e. The molecule has 0 bridgehead atoms. The number of nitrogens with two attached hydrogens (primary N) is 1. The van der Waals surface area contributed by atoms with Crippen LogP contribution in [0.4, 0.5) is 10.6 Å². The number of nitrogens with one attached hydrogen (secondary N) is 1. The van der Waals surface area contributed by atoms with Gasteiger partial charge in [0.1, 0.15) is 5.82 Å². The summed E-state index contributed by atoms with van der Waals surface area (Å²) >= 11 is 0. The third kappa shape index (κ3) is 4.37. The summed E-state index contributed by atoms with van der Waals surface area (Å²) in [6.45, 7) is 1.68. The van der Waals surface area contributed by atoms with Crippen molar-refractivity contribution < 1.29 is 9.59 Å². The van der Waals surface area contributed by atoms with E-state index in [-0.39, 0.29) is 11.8 Å². The molecule has 0 spiro atoms. The van der Waals surface area contributed by atoms with Crippen LogP contribution in [0.2, 0.25) is 0 Å². The molecule has 1 saturated heterocycles. The van der Waals surface area contributed by atoms with Crippen LogP contribution in [-0.2, 0) is 17.8 Å². The maximum Gasteiger partial charge on any atom is 0.314 e. The molecule has 0 radical (unpaired) electrons. The molecule has 0 aliphatic carbocycles. The Hall–Kier alpha value is -2.83. The zero-order valence-electron chi connectivity index (χ0n) is 14.1. The van der Waals surface area contributed by atoms with Gasteiger partial charge in [-0.15, -0.1) is 0 Å². The first-order valence-corrected chi connectivity index (χ1v) is 8.54. The number of aromatic nitrogens is 2. The Labute approximate surface area is 146 Å². The lowest BCUT2D eigenvalue weighted by molar-refractivity contribution is -0.121. The lowest BCUT2D eigenvalue weighted by atomic mass is 9.97. The number of nitrogens with zero attached hydrogens (tertiary/aromatic N) is 3. The van der Waals surface area contributed by atoms with Crippen molar-refractivity contribution in [2.24, 2.45) is 11.7 Å². The predicted molar refractivity (Wildman–Crippen MR) is 94.9 cm³/mol. The van der Waals surface area contributed by atoms with Gasteiger partial charge in [0, 0.05) is 25.7 Å². The van der Waals surface area contributed by atoms with Crippen LogP contribution >= 0.6 is 0 Å². The summed E-state index contributed by atoms with van der Waals surface area (Å²) in [4.78, 5) is 25.4. The average molecular weight is 341 g/mol. The van der Waals surface area contributed by atoms with Crippen LogP contribution in [0.25, 0.3) is 0 Å². The average Bonchev–Trinajstić information content (AvgIpc) is 3.08. The summed E-state index contributed by atoms with van der Waals surface area (Å²) in [5, 5.41) is 7.23. The third-order valence-corrected chi connectivity index (χ3v) is 4.53. The van der Waals surface area contributed by atoms with Crippen molar-refractivity contribution in [3.63, 3.8) is 0 Å². The fourth-order valence-corrected chi connectivity index (χ4v) is 3.12. The summed E-state index contributed by atoms with van der Waals surface area (Å²) in [7, 11) is 0. The molecule has 1 aromatic heterocycles. The smallest absolute Gasteiger partial charge is 0.314 e. The molecular formula is C18H23N5O2. The summed E-state index contributed by atoms with van der Waals surface area (Å²) in [6.07, 6.45) is 4.06. The zero-order valence-corrected chi connectivity index (χ0v) is 14.1. The standard InChI is InChI=1S/C18H23N5O2/c19-18(25)22-11-4-7-15(13-22)17(24)21-16-8-10-20-23(16)12-9-14-5-2-1-3-6-14/h1-3,5-6,8,10,15H,4,7,9,11-13H2,(H2,19,25)(H,21,24). The lowest BCUT2D eigenvalue weighted by Gasteiger charge is -2.30. The first kappa shape index (κ1) is 17.0. The summed E-state index contributed by atoms with van der Waals surface area (Å²) in [5.41, 5.74) is 6.55. The highest BCUT2D eigenvalue weighted by molar-refractivity contribution is 5.92. The number of piperidine rings is 1.